The molecule has 1 rings (SSSR count). The molecule has 2 unspecified atom stereocenters. The molecule has 0 aromatic heterocycles. The van der Waals surface area contributed by atoms with E-state index in [4.69, 9.17) is 16.3 Å². The molecule has 0 aliphatic rings. The van der Waals surface area contributed by atoms with Crippen LogP contribution in [0.1, 0.15) is 18.6 Å². The molecule has 1 aromatic carbocycles. The molecule has 1 aromatic rings. The van der Waals surface area contributed by atoms with Crippen molar-refractivity contribution >= 4 is 17.7 Å². The molecule has 0 saturated heterocycles. The van der Waals surface area contributed by atoms with Crippen LogP contribution in [0.15, 0.2) is 24.3 Å². The van der Waals surface area contributed by atoms with Crippen LogP contribution < -0.4 is 5.32 Å². The van der Waals surface area contributed by atoms with Gasteiger partial charge >= 0.3 is 6.09 Å². The first-order chi connectivity index (χ1) is 7.56. The maximum absolute atomic E-state index is 11.1. The van der Waals surface area contributed by atoms with E-state index in [-0.39, 0.29) is 0 Å². The standard InChI is InChI=1S/C11H14ClNO3/c1-7(14)10(16-11(15)13-2)8-5-3-4-6-9(8)12/h3-7,10,14H,1-2H3,(H,13,15). The number of carbonyl (C=O) groups excluding carboxylic acids is 1. The number of hydrogen-bond donors (Lipinski definition) is 2. The van der Waals surface area contributed by atoms with E-state index in [1.807, 2.05) is 0 Å². The molecule has 0 aliphatic carbocycles. The van der Waals surface area contributed by atoms with Gasteiger partial charge in [0.25, 0.3) is 0 Å². The number of aliphatic hydroxyl groups excluding tert-OH is 1. The first-order valence-corrected chi connectivity index (χ1v) is 5.25. The fraction of sp³-hybridized carbons (Fsp3) is 0.364. The summed E-state index contributed by atoms with van der Waals surface area (Å²) in [7, 11) is 1.45. The average molecular weight is 244 g/mol. The number of ether oxygens (including phenoxy) is 1. The monoisotopic (exact) mass is 243 g/mol. The van der Waals surface area contributed by atoms with Crippen LogP contribution in [0, 0.1) is 0 Å². The van der Waals surface area contributed by atoms with Gasteiger partial charge in [0.1, 0.15) is 0 Å². The lowest BCUT2D eigenvalue weighted by Gasteiger charge is -2.21. The van der Waals surface area contributed by atoms with Crippen molar-refractivity contribution in [1.29, 1.82) is 0 Å². The summed E-state index contributed by atoms with van der Waals surface area (Å²) in [6, 6.07) is 6.93. The number of hydrogen-bond acceptors (Lipinski definition) is 3. The summed E-state index contributed by atoms with van der Waals surface area (Å²) in [5, 5.41) is 12.4. The summed E-state index contributed by atoms with van der Waals surface area (Å²) in [6.07, 6.45) is -2.21. The third-order valence-electron chi connectivity index (χ3n) is 2.09. The second-order valence-corrected chi connectivity index (χ2v) is 3.75. The number of rotatable bonds is 3. The number of nitrogens with one attached hydrogen (secondary N) is 1. The van der Waals surface area contributed by atoms with Gasteiger partial charge < -0.3 is 15.2 Å². The third-order valence-corrected chi connectivity index (χ3v) is 2.43. The van der Waals surface area contributed by atoms with E-state index >= 15 is 0 Å². The van der Waals surface area contributed by atoms with Gasteiger partial charge in [-0.3, -0.25) is 0 Å². The zero-order valence-corrected chi connectivity index (χ0v) is 9.86. The zero-order chi connectivity index (χ0) is 12.1. The van der Waals surface area contributed by atoms with E-state index in [0.717, 1.165) is 0 Å². The van der Waals surface area contributed by atoms with Crippen LogP contribution in [-0.2, 0) is 4.74 Å². The first-order valence-electron chi connectivity index (χ1n) is 4.87. The Morgan fingerprint density at radius 2 is 2.12 bits per heavy atom. The normalized spacial score (nSPS) is 14.0. The molecule has 0 radical (unpaired) electrons. The maximum atomic E-state index is 11.1. The van der Waals surface area contributed by atoms with E-state index < -0.39 is 18.3 Å². The molecule has 0 aliphatic heterocycles. The van der Waals surface area contributed by atoms with Crippen molar-refractivity contribution in [2.75, 3.05) is 7.05 Å². The van der Waals surface area contributed by atoms with Gasteiger partial charge in [0.05, 0.1) is 6.10 Å². The fourth-order valence-electron chi connectivity index (χ4n) is 1.30. The number of amides is 1. The Morgan fingerprint density at radius 3 is 2.62 bits per heavy atom. The molecule has 0 spiro atoms. The van der Waals surface area contributed by atoms with Gasteiger partial charge in [0.15, 0.2) is 6.10 Å². The molecular weight excluding hydrogens is 230 g/mol. The van der Waals surface area contributed by atoms with Gasteiger partial charge in [-0.1, -0.05) is 29.8 Å². The summed E-state index contributed by atoms with van der Waals surface area (Å²) in [5.41, 5.74) is 0.586. The van der Waals surface area contributed by atoms with E-state index in [9.17, 15) is 9.90 Å². The molecule has 2 N–H and O–H groups in total. The summed E-state index contributed by atoms with van der Waals surface area (Å²) in [4.78, 5) is 11.1. The van der Waals surface area contributed by atoms with E-state index in [0.29, 0.717) is 10.6 Å². The van der Waals surface area contributed by atoms with Crippen molar-refractivity contribution in [3.63, 3.8) is 0 Å². The molecule has 0 heterocycles. The Hall–Kier alpha value is -1.26. The highest BCUT2D eigenvalue weighted by Gasteiger charge is 2.23. The molecule has 0 saturated carbocycles. The largest absolute Gasteiger partial charge is 0.439 e. The SMILES string of the molecule is CNC(=O)OC(c1ccccc1Cl)C(C)O. The molecule has 0 fully saturated rings. The van der Waals surface area contributed by atoms with Gasteiger partial charge in [0, 0.05) is 17.6 Å². The maximum Gasteiger partial charge on any atom is 0.407 e. The quantitative estimate of drug-likeness (QED) is 0.855. The van der Waals surface area contributed by atoms with Crippen molar-refractivity contribution < 1.29 is 14.6 Å². The Morgan fingerprint density at radius 1 is 1.50 bits per heavy atom. The smallest absolute Gasteiger partial charge is 0.407 e. The second kappa shape index (κ2) is 5.72. The van der Waals surface area contributed by atoms with Crippen molar-refractivity contribution in [3.8, 4) is 0 Å². The Balaban J connectivity index is 2.94. The number of carbonyl (C=O) groups is 1. The summed E-state index contributed by atoms with van der Waals surface area (Å²) in [6.45, 7) is 1.54. The summed E-state index contributed by atoms with van der Waals surface area (Å²) >= 11 is 5.97. The molecular formula is C11H14ClNO3. The highest BCUT2D eigenvalue weighted by Crippen LogP contribution is 2.28. The van der Waals surface area contributed by atoms with Crippen LogP contribution >= 0.6 is 11.6 Å². The average Bonchev–Trinajstić information content (AvgIpc) is 2.26. The summed E-state index contributed by atoms with van der Waals surface area (Å²) < 4.78 is 5.04. The van der Waals surface area contributed by atoms with Gasteiger partial charge in [-0.05, 0) is 13.0 Å². The van der Waals surface area contributed by atoms with Crippen LogP contribution in [-0.4, -0.2) is 24.4 Å². The minimum Gasteiger partial charge on any atom is -0.439 e. The Bertz CT molecular complexity index is 368. The van der Waals surface area contributed by atoms with E-state index in [1.54, 1.807) is 24.3 Å². The van der Waals surface area contributed by atoms with Crippen LogP contribution in [0.3, 0.4) is 0 Å². The lowest BCUT2D eigenvalue weighted by atomic mass is 10.1. The van der Waals surface area contributed by atoms with Gasteiger partial charge in [-0.2, -0.15) is 0 Å². The van der Waals surface area contributed by atoms with Crippen molar-refractivity contribution in [2.45, 2.75) is 19.1 Å². The zero-order valence-electron chi connectivity index (χ0n) is 9.11. The van der Waals surface area contributed by atoms with Gasteiger partial charge in [-0.15, -0.1) is 0 Å². The Labute approximate surface area is 99.2 Å². The molecule has 4 nitrogen and oxygen atoms in total. The van der Waals surface area contributed by atoms with Crippen LogP contribution in [0.2, 0.25) is 5.02 Å². The topological polar surface area (TPSA) is 58.6 Å². The summed E-state index contributed by atoms with van der Waals surface area (Å²) in [5.74, 6) is 0. The highest BCUT2D eigenvalue weighted by atomic mass is 35.5. The molecule has 16 heavy (non-hydrogen) atoms. The third kappa shape index (κ3) is 3.12. The van der Waals surface area contributed by atoms with Crippen molar-refractivity contribution in [2.24, 2.45) is 0 Å². The highest BCUT2D eigenvalue weighted by molar-refractivity contribution is 6.31. The lowest BCUT2D eigenvalue weighted by Crippen LogP contribution is -2.27. The van der Waals surface area contributed by atoms with Crippen LogP contribution in [0.5, 0.6) is 0 Å². The number of aliphatic hydroxyl groups is 1. The number of halogens is 1. The van der Waals surface area contributed by atoms with Crippen molar-refractivity contribution in [3.05, 3.63) is 34.9 Å². The molecule has 0 bridgehead atoms. The second-order valence-electron chi connectivity index (χ2n) is 3.34. The predicted octanol–water partition coefficient (Wildman–Crippen LogP) is 2.12. The molecule has 2 atom stereocenters. The van der Waals surface area contributed by atoms with E-state index in [1.165, 1.54) is 14.0 Å². The first kappa shape index (κ1) is 12.8. The molecule has 1 amide bonds. The minimum absolute atomic E-state index is 0.456. The minimum atomic E-state index is -0.836. The number of benzene rings is 1. The van der Waals surface area contributed by atoms with Crippen molar-refractivity contribution in [1.82, 2.24) is 5.32 Å². The molecule has 88 valence electrons. The Kier molecular flexibility index (Phi) is 4.58. The van der Waals surface area contributed by atoms with Crippen LogP contribution in [0.25, 0.3) is 0 Å². The fourth-order valence-corrected chi connectivity index (χ4v) is 1.55. The number of alkyl carbamates (subject to hydrolysis) is 1. The molecule has 5 heteroatoms. The predicted molar refractivity (Wildman–Crippen MR) is 61.4 cm³/mol. The van der Waals surface area contributed by atoms with Gasteiger partial charge in [-0.25, -0.2) is 4.79 Å². The van der Waals surface area contributed by atoms with Gasteiger partial charge in [0.2, 0.25) is 0 Å². The lowest BCUT2D eigenvalue weighted by molar-refractivity contribution is 0.0115. The van der Waals surface area contributed by atoms with E-state index in [2.05, 4.69) is 5.32 Å². The van der Waals surface area contributed by atoms with Crippen LogP contribution in [0.4, 0.5) is 4.79 Å².